The van der Waals surface area contributed by atoms with Gasteiger partial charge in [-0.2, -0.15) is 4.31 Å². The first kappa shape index (κ1) is 16.1. The van der Waals surface area contributed by atoms with Gasteiger partial charge in [0.05, 0.1) is 4.90 Å². The highest BCUT2D eigenvalue weighted by Gasteiger charge is 2.46. The van der Waals surface area contributed by atoms with Crippen LogP contribution in [0.5, 0.6) is 0 Å². The lowest BCUT2D eigenvalue weighted by molar-refractivity contribution is 0.0963. The van der Waals surface area contributed by atoms with Crippen LogP contribution in [0.4, 0.5) is 0 Å². The molecular weight excluding hydrogens is 324 g/mol. The minimum absolute atomic E-state index is 0.157. The fraction of sp³-hybridized carbons (Fsp3) is 0.611. The van der Waals surface area contributed by atoms with Crippen LogP contribution in [0.1, 0.15) is 42.5 Å². The fourth-order valence-corrected chi connectivity index (χ4v) is 6.82. The fourth-order valence-electron chi connectivity index (χ4n) is 5.09. The summed E-state index contributed by atoms with van der Waals surface area (Å²) in [5.74, 6) is 1.73. The Hall–Kier alpha value is -1.40. The Kier molecular flexibility index (Phi) is 3.92. The average Bonchev–Trinajstić information content (AvgIpc) is 2.78. The van der Waals surface area contributed by atoms with E-state index in [1.807, 2.05) is 0 Å². The molecule has 5 rings (SSSR count). The summed E-state index contributed by atoms with van der Waals surface area (Å²) in [5.41, 5.74) is 0.479. The normalized spacial score (nSPS) is 32.5. The highest BCUT2D eigenvalue weighted by molar-refractivity contribution is 7.89. The molecule has 2 aliphatic heterocycles. The predicted molar refractivity (Wildman–Crippen MR) is 91.1 cm³/mol. The minimum atomic E-state index is -3.49. The van der Waals surface area contributed by atoms with Gasteiger partial charge >= 0.3 is 0 Å². The molecule has 24 heavy (non-hydrogen) atoms. The Morgan fingerprint density at radius 1 is 1.00 bits per heavy atom. The van der Waals surface area contributed by atoms with Crippen molar-refractivity contribution in [1.82, 2.24) is 9.62 Å². The maximum Gasteiger partial charge on any atom is 0.251 e. The van der Waals surface area contributed by atoms with E-state index >= 15 is 0 Å². The van der Waals surface area contributed by atoms with Crippen LogP contribution in [-0.2, 0) is 10.0 Å². The molecular formula is C18H24N2O3S. The zero-order valence-corrected chi connectivity index (χ0v) is 14.8. The number of nitrogens with zero attached hydrogens (tertiary/aromatic N) is 1. The van der Waals surface area contributed by atoms with Crippen LogP contribution in [0.15, 0.2) is 29.2 Å². The van der Waals surface area contributed by atoms with Crippen LogP contribution in [0.3, 0.4) is 0 Å². The monoisotopic (exact) mass is 348 g/mol. The lowest BCUT2D eigenvalue weighted by atomic mass is 9.68. The van der Waals surface area contributed by atoms with Crippen molar-refractivity contribution in [3.05, 3.63) is 29.8 Å². The second-order valence-electron chi connectivity index (χ2n) is 7.61. The number of rotatable bonds is 3. The van der Waals surface area contributed by atoms with Crippen molar-refractivity contribution in [1.29, 1.82) is 0 Å². The van der Waals surface area contributed by atoms with Gasteiger partial charge in [-0.15, -0.1) is 0 Å². The molecule has 0 aromatic heterocycles. The van der Waals surface area contributed by atoms with E-state index in [1.54, 1.807) is 35.6 Å². The number of fused-ring (bicyclic) bond motifs is 1. The number of carbonyl (C=O) groups is 1. The highest BCUT2D eigenvalue weighted by atomic mass is 32.2. The van der Waals surface area contributed by atoms with Gasteiger partial charge in [0.15, 0.2) is 0 Å². The molecule has 2 aliphatic carbocycles. The number of hydrogen-bond acceptors (Lipinski definition) is 3. The third-order valence-corrected chi connectivity index (χ3v) is 7.94. The van der Waals surface area contributed by atoms with Crippen molar-refractivity contribution in [2.75, 3.05) is 13.6 Å². The van der Waals surface area contributed by atoms with Crippen molar-refractivity contribution in [3.63, 3.8) is 0 Å². The van der Waals surface area contributed by atoms with Crippen LogP contribution >= 0.6 is 0 Å². The SMILES string of the molecule is CNC(=O)c1ccc(S(=O)(=O)N2CC3CC4CC(C3)CC2C4)cc1. The van der Waals surface area contributed by atoms with E-state index in [0.717, 1.165) is 12.8 Å². The van der Waals surface area contributed by atoms with Crippen LogP contribution in [0.2, 0.25) is 0 Å². The van der Waals surface area contributed by atoms with Gasteiger partial charge in [-0.3, -0.25) is 4.79 Å². The Balaban J connectivity index is 1.64. The van der Waals surface area contributed by atoms with Gasteiger partial charge in [-0.25, -0.2) is 8.42 Å². The minimum Gasteiger partial charge on any atom is -0.355 e. The first-order chi connectivity index (χ1) is 11.5. The summed E-state index contributed by atoms with van der Waals surface area (Å²) in [5, 5.41) is 2.55. The average molecular weight is 348 g/mol. The van der Waals surface area contributed by atoms with Gasteiger partial charge in [0.2, 0.25) is 10.0 Å². The number of carbonyl (C=O) groups excluding carboxylic acids is 1. The quantitative estimate of drug-likeness (QED) is 0.911. The van der Waals surface area contributed by atoms with Crippen molar-refractivity contribution in [2.45, 2.75) is 43.0 Å². The second-order valence-corrected chi connectivity index (χ2v) is 9.50. The number of benzene rings is 1. The van der Waals surface area contributed by atoms with E-state index in [0.29, 0.717) is 34.8 Å². The molecule has 0 spiro atoms. The van der Waals surface area contributed by atoms with Crippen LogP contribution in [-0.4, -0.2) is 38.3 Å². The third-order valence-electron chi connectivity index (χ3n) is 6.01. The van der Waals surface area contributed by atoms with E-state index in [4.69, 9.17) is 0 Å². The molecule has 2 atom stereocenters. The number of nitrogens with one attached hydrogen (secondary N) is 1. The van der Waals surface area contributed by atoms with Gasteiger partial charge in [-0.1, -0.05) is 0 Å². The standard InChI is InChI=1S/C18H24N2O3S/c1-19-18(21)15-2-4-17(5-3-15)24(22,23)20-11-14-7-12-6-13(8-14)10-16(20)9-12/h2-5,12-14,16H,6-11H2,1H3,(H,19,21). The van der Waals surface area contributed by atoms with E-state index in [1.165, 1.54) is 19.3 Å². The molecule has 1 aromatic carbocycles. The molecule has 4 fully saturated rings. The van der Waals surface area contributed by atoms with Gasteiger partial charge < -0.3 is 5.32 Å². The summed E-state index contributed by atoms with van der Waals surface area (Å²) < 4.78 is 28.1. The van der Waals surface area contributed by atoms with Crippen molar-refractivity contribution in [3.8, 4) is 0 Å². The zero-order chi connectivity index (χ0) is 16.9. The molecule has 2 saturated heterocycles. The molecule has 0 radical (unpaired) electrons. The Morgan fingerprint density at radius 2 is 1.58 bits per heavy atom. The molecule has 1 N–H and O–H groups in total. The number of hydrogen-bond donors (Lipinski definition) is 1. The summed E-state index contributed by atoms with van der Waals surface area (Å²) in [6.07, 6.45) is 5.70. The Labute approximate surface area is 143 Å². The highest BCUT2D eigenvalue weighted by Crippen LogP contribution is 2.48. The molecule has 130 valence electrons. The number of amides is 1. The molecule has 5 nitrogen and oxygen atoms in total. The molecule has 4 aliphatic rings. The van der Waals surface area contributed by atoms with Crippen LogP contribution < -0.4 is 5.32 Å². The lowest BCUT2D eigenvalue weighted by Gasteiger charge is -2.38. The van der Waals surface area contributed by atoms with Gasteiger partial charge in [0.25, 0.3) is 5.91 Å². The number of sulfonamides is 1. The van der Waals surface area contributed by atoms with Crippen molar-refractivity contribution < 1.29 is 13.2 Å². The maximum atomic E-state index is 13.2. The summed E-state index contributed by atoms with van der Waals surface area (Å²) in [7, 11) is -1.92. The maximum absolute atomic E-state index is 13.2. The molecule has 6 heteroatoms. The van der Waals surface area contributed by atoms with E-state index < -0.39 is 10.0 Å². The first-order valence-corrected chi connectivity index (χ1v) is 10.3. The topological polar surface area (TPSA) is 66.5 Å². The van der Waals surface area contributed by atoms with E-state index in [2.05, 4.69) is 5.32 Å². The van der Waals surface area contributed by atoms with Crippen LogP contribution in [0, 0.1) is 17.8 Å². The zero-order valence-electron chi connectivity index (χ0n) is 13.9. The molecule has 2 heterocycles. The van der Waals surface area contributed by atoms with E-state index in [-0.39, 0.29) is 11.9 Å². The smallest absolute Gasteiger partial charge is 0.251 e. The summed E-state index contributed by atoms with van der Waals surface area (Å²) in [6, 6.07) is 6.47. The lowest BCUT2D eigenvalue weighted by Crippen LogP contribution is -2.42. The van der Waals surface area contributed by atoms with Gasteiger partial charge in [0.1, 0.15) is 0 Å². The molecule has 4 bridgehead atoms. The van der Waals surface area contributed by atoms with Crippen molar-refractivity contribution in [2.24, 2.45) is 17.8 Å². The van der Waals surface area contributed by atoms with Gasteiger partial charge in [0, 0.05) is 25.2 Å². The Morgan fingerprint density at radius 3 is 2.17 bits per heavy atom. The van der Waals surface area contributed by atoms with Crippen LogP contribution in [0.25, 0.3) is 0 Å². The summed E-state index contributed by atoms with van der Waals surface area (Å²) >= 11 is 0. The first-order valence-electron chi connectivity index (χ1n) is 8.81. The molecule has 1 aromatic rings. The summed E-state index contributed by atoms with van der Waals surface area (Å²) in [4.78, 5) is 11.9. The third kappa shape index (κ3) is 2.65. The molecule has 2 unspecified atom stereocenters. The summed E-state index contributed by atoms with van der Waals surface area (Å²) in [6.45, 7) is 0.664. The van der Waals surface area contributed by atoms with E-state index in [9.17, 15) is 13.2 Å². The Bertz CT molecular complexity index is 730. The second kappa shape index (κ2) is 5.85. The molecule has 2 saturated carbocycles. The largest absolute Gasteiger partial charge is 0.355 e. The molecule has 1 amide bonds. The van der Waals surface area contributed by atoms with Crippen molar-refractivity contribution >= 4 is 15.9 Å². The predicted octanol–water partition coefficient (Wildman–Crippen LogP) is 2.25. The van der Waals surface area contributed by atoms with Gasteiger partial charge in [-0.05, 0) is 74.1 Å².